The van der Waals surface area contributed by atoms with E-state index in [-0.39, 0.29) is 42.6 Å². The summed E-state index contributed by atoms with van der Waals surface area (Å²) in [6.45, 7) is 3.27. The Labute approximate surface area is 143 Å². The molecule has 0 bridgehead atoms. The van der Waals surface area contributed by atoms with Crippen LogP contribution in [0.4, 0.5) is 4.39 Å². The molecule has 0 spiro atoms. The molecule has 0 unspecified atom stereocenters. The highest BCUT2D eigenvalue weighted by Crippen LogP contribution is 2.11. The maximum absolute atomic E-state index is 13.0. The van der Waals surface area contributed by atoms with Crippen LogP contribution in [0.5, 0.6) is 0 Å². The predicted molar refractivity (Wildman–Crippen MR) is 84.9 cm³/mol. The number of halogens is 1. The Kier molecular flexibility index (Phi) is 5.99. The molecule has 0 aliphatic carbocycles. The van der Waals surface area contributed by atoms with Gasteiger partial charge in [-0.05, 0) is 38.1 Å². The molecule has 0 radical (unpaired) electrons. The smallest absolute Gasteiger partial charge is 0.374 e. The van der Waals surface area contributed by atoms with Gasteiger partial charge in [0.05, 0.1) is 19.8 Å². The fraction of sp³-hybridized carbons (Fsp3) is 0.294. The molecule has 0 aliphatic heterocycles. The van der Waals surface area contributed by atoms with Gasteiger partial charge in [-0.25, -0.2) is 19.0 Å². The minimum Gasteiger partial charge on any atom is -0.461 e. The zero-order valence-corrected chi connectivity index (χ0v) is 13.8. The highest BCUT2D eigenvalue weighted by atomic mass is 19.1. The van der Waals surface area contributed by atoms with Gasteiger partial charge < -0.3 is 14.0 Å². The first kappa shape index (κ1) is 18.3. The highest BCUT2D eigenvalue weighted by molar-refractivity contribution is 5.97. The average molecular weight is 348 g/mol. The number of hydrogen-bond acceptors (Lipinski definition) is 6. The van der Waals surface area contributed by atoms with Crippen molar-refractivity contribution in [2.75, 3.05) is 13.2 Å². The molecule has 132 valence electrons. The molecule has 2 aromatic rings. The van der Waals surface area contributed by atoms with Gasteiger partial charge in [0.15, 0.2) is 11.5 Å². The second kappa shape index (κ2) is 8.18. The Morgan fingerprint density at radius 2 is 1.64 bits per heavy atom. The van der Waals surface area contributed by atoms with Crippen molar-refractivity contribution in [2.45, 2.75) is 20.4 Å². The molecule has 1 aromatic heterocycles. The van der Waals surface area contributed by atoms with Gasteiger partial charge in [-0.3, -0.25) is 4.79 Å². The van der Waals surface area contributed by atoms with Gasteiger partial charge in [-0.1, -0.05) is 0 Å². The van der Waals surface area contributed by atoms with Crippen LogP contribution in [0.25, 0.3) is 0 Å². The van der Waals surface area contributed by atoms with E-state index in [2.05, 4.69) is 4.98 Å². The van der Waals surface area contributed by atoms with Gasteiger partial charge in [-0.15, -0.1) is 0 Å². The fourth-order valence-electron chi connectivity index (χ4n) is 2.08. The Balaban J connectivity index is 2.30. The van der Waals surface area contributed by atoms with E-state index in [9.17, 15) is 18.8 Å². The first-order chi connectivity index (χ1) is 12.0. The number of hydrogen-bond donors (Lipinski definition) is 0. The highest BCUT2D eigenvalue weighted by Gasteiger charge is 2.22. The number of imidazole rings is 1. The Hall–Kier alpha value is -3.03. The van der Waals surface area contributed by atoms with Gasteiger partial charge in [-0.2, -0.15) is 0 Å². The van der Waals surface area contributed by atoms with E-state index >= 15 is 0 Å². The molecule has 0 saturated carbocycles. The number of carbonyl (C=O) groups is 3. The van der Waals surface area contributed by atoms with Crippen molar-refractivity contribution < 1.29 is 28.2 Å². The van der Waals surface area contributed by atoms with Crippen molar-refractivity contribution in [3.8, 4) is 0 Å². The number of benzene rings is 1. The Morgan fingerprint density at radius 3 is 2.24 bits per heavy atom. The summed E-state index contributed by atoms with van der Waals surface area (Å²) in [7, 11) is 0. The molecular formula is C17H17FN2O5. The largest absolute Gasteiger partial charge is 0.461 e. The number of esters is 2. The third-order valence-corrected chi connectivity index (χ3v) is 3.20. The summed E-state index contributed by atoms with van der Waals surface area (Å²) in [5.74, 6) is -2.49. The molecule has 0 fully saturated rings. The molecule has 1 heterocycles. The van der Waals surface area contributed by atoms with E-state index in [4.69, 9.17) is 9.47 Å². The average Bonchev–Trinajstić information content (AvgIpc) is 3.00. The molecule has 0 atom stereocenters. The molecule has 2 rings (SSSR count). The van der Waals surface area contributed by atoms with E-state index in [1.54, 1.807) is 13.8 Å². The number of ether oxygens (including phenoxy) is 2. The van der Waals surface area contributed by atoms with Gasteiger partial charge in [0.1, 0.15) is 5.82 Å². The topological polar surface area (TPSA) is 87.5 Å². The molecule has 0 saturated heterocycles. The number of ketones is 1. The minimum absolute atomic E-state index is 0.100. The summed E-state index contributed by atoms with van der Waals surface area (Å²) < 4.78 is 23.9. The lowest BCUT2D eigenvalue weighted by Gasteiger charge is -2.06. The predicted octanol–water partition coefficient (Wildman–Crippen LogP) is 2.26. The molecular weight excluding hydrogens is 331 g/mol. The van der Waals surface area contributed by atoms with Crippen LogP contribution in [0.2, 0.25) is 0 Å². The van der Waals surface area contributed by atoms with Crippen molar-refractivity contribution in [3.63, 3.8) is 0 Å². The molecule has 0 amide bonds. The molecule has 25 heavy (non-hydrogen) atoms. The molecule has 0 aliphatic rings. The van der Waals surface area contributed by atoms with E-state index in [1.165, 1.54) is 22.9 Å². The van der Waals surface area contributed by atoms with Crippen LogP contribution in [0.1, 0.15) is 45.3 Å². The van der Waals surface area contributed by atoms with Crippen LogP contribution in [0.3, 0.4) is 0 Å². The third kappa shape index (κ3) is 4.50. The van der Waals surface area contributed by atoms with Crippen molar-refractivity contribution in [1.29, 1.82) is 0 Å². The van der Waals surface area contributed by atoms with Crippen LogP contribution < -0.4 is 0 Å². The number of carbonyl (C=O) groups excluding carboxylic acids is 3. The summed E-state index contributed by atoms with van der Waals surface area (Å²) in [6.07, 6.45) is 1.26. The van der Waals surface area contributed by atoms with Gasteiger partial charge in [0, 0.05) is 11.8 Å². The second-order valence-electron chi connectivity index (χ2n) is 4.95. The molecule has 7 nitrogen and oxygen atoms in total. The number of Topliss-reactive ketones (excluding diaryl/α,β-unsaturated/α-hetero) is 1. The lowest BCUT2D eigenvalue weighted by Crippen LogP contribution is -2.17. The quantitative estimate of drug-likeness (QED) is 0.563. The van der Waals surface area contributed by atoms with Crippen LogP contribution in [0, 0.1) is 5.82 Å². The first-order valence-electron chi connectivity index (χ1n) is 7.66. The van der Waals surface area contributed by atoms with E-state index in [1.807, 2.05) is 0 Å². The summed E-state index contributed by atoms with van der Waals surface area (Å²) in [6, 6.07) is 5.00. The summed E-state index contributed by atoms with van der Waals surface area (Å²) in [5, 5.41) is 0. The van der Waals surface area contributed by atoms with Crippen LogP contribution in [-0.4, -0.2) is 40.5 Å². The van der Waals surface area contributed by atoms with Crippen molar-refractivity contribution in [2.24, 2.45) is 0 Å². The Morgan fingerprint density at radius 1 is 1.04 bits per heavy atom. The first-order valence-corrected chi connectivity index (χ1v) is 7.66. The summed E-state index contributed by atoms with van der Waals surface area (Å²) in [5.41, 5.74) is 0.166. The third-order valence-electron chi connectivity index (χ3n) is 3.20. The minimum atomic E-state index is -0.759. The normalized spacial score (nSPS) is 10.4. The monoisotopic (exact) mass is 348 g/mol. The molecule has 1 aromatic carbocycles. The van der Waals surface area contributed by atoms with E-state index < -0.39 is 17.8 Å². The van der Waals surface area contributed by atoms with Crippen molar-refractivity contribution >= 4 is 17.7 Å². The van der Waals surface area contributed by atoms with Crippen LogP contribution in [-0.2, 0) is 16.0 Å². The number of nitrogens with zero attached hydrogens (tertiary/aromatic N) is 2. The molecule has 8 heteroatoms. The fourth-order valence-corrected chi connectivity index (χ4v) is 2.08. The van der Waals surface area contributed by atoms with Gasteiger partial charge in [0.25, 0.3) is 0 Å². The van der Waals surface area contributed by atoms with Crippen molar-refractivity contribution in [1.82, 2.24) is 9.55 Å². The van der Waals surface area contributed by atoms with Gasteiger partial charge in [0.2, 0.25) is 5.82 Å². The second-order valence-corrected chi connectivity index (χ2v) is 4.95. The maximum atomic E-state index is 13.0. The van der Waals surface area contributed by atoms with E-state index in [0.717, 1.165) is 12.1 Å². The summed E-state index contributed by atoms with van der Waals surface area (Å²) >= 11 is 0. The lowest BCUT2D eigenvalue weighted by atomic mass is 10.1. The lowest BCUT2D eigenvalue weighted by molar-refractivity contribution is 0.0506. The van der Waals surface area contributed by atoms with Crippen LogP contribution in [0.15, 0.2) is 30.5 Å². The zero-order chi connectivity index (χ0) is 18.4. The maximum Gasteiger partial charge on any atom is 0.374 e. The number of rotatable bonds is 7. The standard InChI is InChI=1S/C17H17FN2O5/c1-3-24-16(22)13-9-20(15(19-13)17(23)25-4-2)10-14(21)11-5-7-12(18)8-6-11/h5-9H,3-4,10H2,1-2H3. The molecule has 0 N–H and O–H groups in total. The Bertz CT molecular complexity index is 783. The number of aromatic nitrogens is 2. The summed E-state index contributed by atoms with van der Waals surface area (Å²) in [4.78, 5) is 40.0. The zero-order valence-electron chi connectivity index (χ0n) is 13.8. The SMILES string of the molecule is CCOC(=O)c1cn(CC(=O)c2ccc(F)cc2)c(C(=O)OCC)n1. The van der Waals surface area contributed by atoms with Crippen LogP contribution >= 0.6 is 0 Å². The van der Waals surface area contributed by atoms with Crippen molar-refractivity contribution in [3.05, 3.63) is 53.4 Å². The van der Waals surface area contributed by atoms with E-state index in [0.29, 0.717) is 0 Å². The van der Waals surface area contributed by atoms with Gasteiger partial charge >= 0.3 is 11.9 Å².